The van der Waals surface area contributed by atoms with Gasteiger partial charge in [0, 0.05) is 0 Å². The molecule has 0 aliphatic carbocycles. The van der Waals surface area contributed by atoms with Crippen molar-refractivity contribution >= 4 is 17.6 Å². The molecular weight excluding hydrogens is 115 g/mol. The van der Waals surface area contributed by atoms with Gasteiger partial charge in [-0.15, -0.1) is 0 Å². The van der Waals surface area contributed by atoms with Crippen LogP contribution in [0.15, 0.2) is 0 Å². The first-order valence-corrected chi connectivity index (χ1v) is 2.41. The second-order valence-electron chi connectivity index (χ2n) is 1.32. The maximum atomic E-state index is 10.1. The zero-order valence-corrected chi connectivity index (χ0v) is 4.33. The van der Waals surface area contributed by atoms with Crippen molar-refractivity contribution in [3.63, 3.8) is 0 Å². The van der Waals surface area contributed by atoms with Crippen LogP contribution >= 0.6 is 11.6 Å². The quantitative estimate of drug-likeness (QED) is 0.339. The number of rotatable bonds is 0. The molecule has 1 aliphatic heterocycles. The summed E-state index contributed by atoms with van der Waals surface area (Å²) in [5, 5.41) is 4.92. The lowest BCUT2D eigenvalue weighted by atomic mass is 10.7. The molecule has 3 nitrogen and oxygen atoms in total. The summed E-state index contributed by atoms with van der Waals surface area (Å²) in [5.41, 5.74) is -0.215. The third-order valence-corrected chi connectivity index (χ3v) is 0.993. The first kappa shape index (κ1) is 4.71. The molecular formula is C3H5ClN2O. The van der Waals surface area contributed by atoms with Crippen LogP contribution in [-0.2, 0) is 0 Å². The van der Waals surface area contributed by atoms with Crippen molar-refractivity contribution in [2.24, 2.45) is 0 Å². The molecule has 1 aliphatic rings. The normalized spacial score (nSPS) is 29.3. The third-order valence-electron chi connectivity index (χ3n) is 0.730. The van der Waals surface area contributed by atoms with Crippen LogP contribution in [0, 0.1) is 0 Å². The molecule has 7 heavy (non-hydrogen) atoms. The van der Waals surface area contributed by atoms with Gasteiger partial charge in [0.2, 0.25) is 0 Å². The van der Waals surface area contributed by atoms with Gasteiger partial charge in [-0.2, -0.15) is 0 Å². The van der Waals surface area contributed by atoms with Gasteiger partial charge in [-0.05, 0) is 0 Å². The van der Waals surface area contributed by atoms with Crippen molar-refractivity contribution in [1.82, 2.24) is 10.6 Å². The van der Waals surface area contributed by atoms with Crippen LogP contribution in [0.4, 0.5) is 4.79 Å². The van der Waals surface area contributed by atoms with Crippen LogP contribution in [0.5, 0.6) is 0 Å². The largest absolute Gasteiger partial charge is 0.335 e. The Kier molecular flexibility index (Phi) is 1.06. The van der Waals surface area contributed by atoms with E-state index in [9.17, 15) is 4.79 Å². The van der Waals surface area contributed by atoms with E-state index in [1.54, 1.807) is 0 Å². The molecule has 1 rings (SSSR count). The molecule has 1 atom stereocenters. The Labute approximate surface area is 46.0 Å². The van der Waals surface area contributed by atoms with Crippen LogP contribution in [0.2, 0.25) is 0 Å². The summed E-state index contributed by atoms with van der Waals surface area (Å²) in [4.78, 5) is 10.1. The predicted molar refractivity (Wildman–Crippen MR) is 26.2 cm³/mol. The van der Waals surface area contributed by atoms with Crippen LogP contribution < -0.4 is 10.6 Å². The maximum Gasteiger partial charge on any atom is 0.316 e. The molecule has 4 heteroatoms. The second-order valence-corrected chi connectivity index (χ2v) is 1.85. The Bertz CT molecular complexity index is 94.9. The summed E-state index contributed by atoms with van der Waals surface area (Å²) in [6.07, 6.45) is 0. The Morgan fingerprint density at radius 1 is 1.86 bits per heavy atom. The van der Waals surface area contributed by atoms with E-state index < -0.39 is 0 Å². The number of halogens is 1. The number of hydrogen-bond donors (Lipinski definition) is 2. The third kappa shape index (κ3) is 0.962. The summed E-state index contributed by atoms with van der Waals surface area (Å²) in [6, 6.07) is -0.181. The molecule has 0 spiro atoms. The molecule has 1 heterocycles. The topological polar surface area (TPSA) is 41.1 Å². The maximum absolute atomic E-state index is 10.1. The van der Waals surface area contributed by atoms with E-state index >= 15 is 0 Å². The van der Waals surface area contributed by atoms with Gasteiger partial charge in [-0.3, -0.25) is 0 Å². The highest BCUT2D eigenvalue weighted by Gasteiger charge is 2.15. The average Bonchev–Trinajstić information content (AvgIpc) is 1.87. The molecule has 2 amide bonds. The van der Waals surface area contributed by atoms with Gasteiger partial charge in [0.05, 0.1) is 6.54 Å². The highest BCUT2D eigenvalue weighted by atomic mass is 35.5. The van der Waals surface area contributed by atoms with Crippen LogP contribution in [0.3, 0.4) is 0 Å². The predicted octanol–water partition coefficient (Wildman–Crippen LogP) is -0.136. The molecule has 0 aromatic rings. The molecule has 0 radical (unpaired) electrons. The van der Waals surface area contributed by atoms with Gasteiger partial charge < -0.3 is 10.6 Å². The minimum atomic E-state index is -0.215. The number of carbonyl (C=O) groups is 1. The first-order valence-electron chi connectivity index (χ1n) is 1.97. The van der Waals surface area contributed by atoms with Gasteiger partial charge in [-0.1, -0.05) is 11.6 Å². The Hall–Kier alpha value is -0.440. The van der Waals surface area contributed by atoms with Crippen molar-refractivity contribution in [2.75, 3.05) is 6.54 Å². The van der Waals surface area contributed by atoms with Crippen LogP contribution in [-0.4, -0.2) is 18.1 Å². The number of urea groups is 1. The summed E-state index contributed by atoms with van der Waals surface area (Å²) in [6.45, 7) is 0.528. The van der Waals surface area contributed by atoms with Crippen LogP contribution in [0.25, 0.3) is 0 Å². The van der Waals surface area contributed by atoms with Crippen molar-refractivity contribution in [3.8, 4) is 0 Å². The standard InChI is InChI=1S/C3H5ClN2O/c4-2-1-5-3(7)6-2/h2H,1H2,(H2,5,6,7). The summed E-state index contributed by atoms with van der Waals surface area (Å²) >= 11 is 5.41. The number of alkyl halides is 1. The Morgan fingerprint density at radius 2 is 2.57 bits per heavy atom. The fourth-order valence-electron chi connectivity index (χ4n) is 0.427. The van der Waals surface area contributed by atoms with Gasteiger partial charge in [-0.25, -0.2) is 4.79 Å². The van der Waals surface area contributed by atoms with Crippen LogP contribution in [0.1, 0.15) is 0 Å². The lowest BCUT2D eigenvalue weighted by Crippen LogP contribution is -2.22. The number of amides is 2. The van der Waals surface area contributed by atoms with Crippen molar-refractivity contribution in [3.05, 3.63) is 0 Å². The highest BCUT2D eigenvalue weighted by Crippen LogP contribution is 1.92. The van der Waals surface area contributed by atoms with E-state index in [0.717, 1.165) is 0 Å². The monoisotopic (exact) mass is 120 g/mol. The zero-order valence-electron chi connectivity index (χ0n) is 3.57. The summed E-state index contributed by atoms with van der Waals surface area (Å²) < 4.78 is 0. The molecule has 1 fully saturated rings. The van der Waals surface area contributed by atoms with Crippen molar-refractivity contribution in [1.29, 1.82) is 0 Å². The molecule has 0 bridgehead atoms. The minimum absolute atomic E-state index is 0.181. The van der Waals surface area contributed by atoms with Gasteiger partial charge >= 0.3 is 6.03 Å². The van der Waals surface area contributed by atoms with Gasteiger partial charge in [0.1, 0.15) is 5.50 Å². The second kappa shape index (κ2) is 1.58. The fraction of sp³-hybridized carbons (Fsp3) is 0.667. The molecule has 40 valence electrons. The Balaban J connectivity index is 2.40. The number of hydrogen-bond acceptors (Lipinski definition) is 1. The summed E-state index contributed by atoms with van der Waals surface area (Å²) in [7, 11) is 0. The lowest BCUT2D eigenvalue weighted by Gasteiger charge is -1.90. The van der Waals surface area contributed by atoms with Gasteiger partial charge in [0.15, 0.2) is 0 Å². The first-order chi connectivity index (χ1) is 3.29. The molecule has 0 aromatic carbocycles. The van der Waals surface area contributed by atoms with E-state index in [1.807, 2.05) is 0 Å². The fourth-order valence-corrected chi connectivity index (χ4v) is 0.603. The van der Waals surface area contributed by atoms with E-state index in [1.165, 1.54) is 0 Å². The molecule has 1 unspecified atom stereocenters. The van der Waals surface area contributed by atoms with Crippen molar-refractivity contribution in [2.45, 2.75) is 5.50 Å². The van der Waals surface area contributed by atoms with E-state index in [4.69, 9.17) is 11.6 Å². The molecule has 1 saturated heterocycles. The molecule has 0 aromatic heterocycles. The minimum Gasteiger partial charge on any atom is -0.335 e. The number of nitrogens with one attached hydrogen (secondary N) is 2. The van der Waals surface area contributed by atoms with Crippen molar-refractivity contribution < 1.29 is 4.79 Å². The highest BCUT2D eigenvalue weighted by molar-refractivity contribution is 6.22. The molecule has 0 saturated carbocycles. The number of carbonyl (C=O) groups excluding carboxylic acids is 1. The van der Waals surface area contributed by atoms with E-state index in [-0.39, 0.29) is 11.5 Å². The van der Waals surface area contributed by atoms with E-state index in [2.05, 4.69) is 10.6 Å². The smallest absolute Gasteiger partial charge is 0.316 e. The SMILES string of the molecule is O=C1NCC(Cl)N1. The zero-order chi connectivity index (χ0) is 5.28. The Morgan fingerprint density at radius 3 is 2.71 bits per heavy atom. The van der Waals surface area contributed by atoms with Gasteiger partial charge in [0.25, 0.3) is 0 Å². The summed E-state index contributed by atoms with van der Waals surface area (Å²) in [5.74, 6) is 0. The molecule has 2 N–H and O–H groups in total. The van der Waals surface area contributed by atoms with E-state index in [0.29, 0.717) is 6.54 Å². The lowest BCUT2D eigenvalue weighted by molar-refractivity contribution is 0.248. The average molecular weight is 121 g/mol.